The van der Waals surface area contributed by atoms with Gasteiger partial charge in [-0.1, -0.05) is 6.92 Å². The fourth-order valence-electron chi connectivity index (χ4n) is 2.18. The van der Waals surface area contributed by atoms with Crippen molar-refractivity contribution in [2.45, 2.75) is 19.4 Å². The summed E-state index contributed by atoms with van der Waals surface area (Å²) in [4.78, 5) is 4.37. The van der Waals surface area contributed by atoms with Crippen LogP contribution in [0.2, 0.25) is 0 Å². The first kappa shape index (κ1) is 7.88. The fourth-order valence-corrected chi connectivity index (χ4v) is 2.18. The molecule has 2 fully saturated rings. The van der Waals surface area contributed by atoms with E-state index in [1.807, 2.05) is 4.90 Å². The molecule has 0 N–H and O–H groups in total. The summed E-state index contributed by atoms with van der Waals surface area (Å²) in [5.41, 5.74) is 0. The predicted molar refractivity (Wildman–Crippen MR) is 46.3 cm³/mol. The summed E-state index contributed by atoms with van der Waals surface area (Å²) in [6.07, 6.45) is 3.40. The van der Waals surface area contributed by atoms with E-state index in [1.165, 1.54) is 19.5 Å². The molecule has 0 radical (unpaired) electrons. The smallest absolute Gasteiger partial charge is 0.179 e. The highest BCUT2D eigenvalue weighted by Crippen LogP contribution is 2.23. The highest BCUT2D eigenvalue weighted by molar-refractivity contribution is 4.93. The van der Waals surface area contributed by atoms with E-state index in [4.69, 9.17) is 5.26 Å². The molecule has 1 atom stereocenters. The van der Waals surface area contributed by atoms with Crippen LogP contribution in [0.25, 0.3) is 0 Å². The minimum atomic E-state index is 0.667. The summed E-state index contributed by atoms with van der Waals surface area (Å²) in [6, 6.07) is 0.667. The minimum Gasteiger partial charge on any atom is -0.309 e. The van der Waals surface area contributed by atoms with Crippen LogP contribution in [0.1, 0.15) is 13.3 Å². The van der Waals surface area contributed by atoms with Crippen molar-refractivity contribution in [2.75, 3.05) is 26.2 Å². The summed E-state index contributed by atoms with van der Waals surface area (Å²) in [6.45, 7) is 6.69. The molecule has 2 saturated heterocycles. The number of nitrogens with zero attached hydrogens (tertiary/aromatic N) is 3. The molecule has 2 rings (SSSR count). The molecule has 12 heavy (non-hydrogen) atoms. The van der Waals surface area contributed by atoms with Crippen LogP contribution in [0.5, 0.6) is 0 Å². The molecule has 0 aliphatic carbocycles. The average Bonchev–Trinajstić information content (AvgIpc) is 2.46. The van der Waals surface area contributed by atoms with Gasteiger partial charge < -0.3 is 4.90 Å². The first-order valence-electron chi connectivity index (χ1n) is 4.68. The Morgan fingerprint density at radius 2 is 2.08 bits per heavy atom. The van der Waals surface area contributed by atoms with Crippen LogP contribution in [0.3, 0.4) is 0 Å². The first-order chi connectivity index (χ1) is 5.79. The van der Waals surface area contributed by atoms with E-state index >= 15 is 0 Å². The summed E-state index contributed by atoms with van der Waals surface area (Å²) < 4.78 is 0. The Labute approximate surface area is 73.6 Å². The van der Waals surface area contributed by atoms with Gasteiger partial charge in [0.1, 0.15) is 0 Å². The van der Waals surface area contributed by atoms with Crippen molar-refractivity contribution in [2.24, 2.45) is 5.92 Å². The van der Waals surface area contributed by atoms with E-state index in [1.54, 1.807) is 0 Å². The van der Waals surface area contributed by atoms with Crippen molar-refractivity contribution in [3.8, 4) is 6.19 Å². The van der Waals surface area contributed by atoms with Gasteiger partial charge in [0.15, 0.2) is 6.19 Å². The Bertz CT molecular complexity index is 202. The van der Waals surface area contributed by atoms with Crippen LogP contribution in [0.15, 0.2) is 0 Å². The Kier molecular flexibility index (Phi) is 1.93. The average molecular weight is 165 g/mol. The number of rotatable bonds is 1. The lowest BCUT2D eigenvalue weighted by molar-refractivity contribution is 0.0680. The van der Waals surface area contributed by atoms with Crippen molar-refractivity contribution in [1.82, 2.24) is 9.80 Å². The molecule has 0 aromatic carbocycles. The molecule has 0 aromatic rings. The second-order valence-electron chi connectivity index (χ2n) is 4.05. The van der Waals surface area contributed by atoms with Gasteiger partial charge in [-0.05, 0) is 12.3 Å². The number of hydrogen-bond donors (Lipinski definition) is 0. The predicted octanol–water partition coefficient (Wildman–Crippen LogP) is 0.493. The van der Waals surface area contributed by atoms with E-state index in [0.717, 1.165) is 19.0 Å². The summed E-state index contributed by atoms with van der Waals surface area (Å²) in [5.74, 6) is 0.876. The summed E-state index contributed by atoms with van der Waals surface area (Å²) in [5, 5.41) is 8.67. The fraction of sp³-hybridized carbons (Fsp3) is 0.889. The molecule has 2 aliphatic heterocycles. The van der Waals surface area contributed by atoms with Crippen LogP contribution < -0.4 is 0 Å². The Balaban J connectivity index is 1.81. The molecule has 2 aliphatic rings. The van der Waals surface area contributed by atoms with Crippen LogP contribution in [0.4, 0.5) is 0 Å². The van der Waals surface area contributed by atoms with Crippen LogP contribution in [0, 0.1) is 17.4 Å². The third kappa shape index (κ3) is 1.27. The molecule has 0 unspecified atom stereocenters. The molecule has 0 aromatic heterocycles. The van der Waals surface area contributed by atoms with E-state index in [0.29, 0.717) is 6.04 Å². The molecule has 0 spiro atoms. The number of likely N-dealkylation sites (tertiary alicyclic amines) is 2. The van der Waals surface area contributed by atoms with Crippen molar-refractivity contribution >= 4 is 0 Å². The van der Waals surface area contributed by atoms with Gasteiger partial charge in [0.2, 0.25) is 0 Å². The second-order valence-corrected chi connectivity index (χ2v) is 4.05. The molecule has 0 bridgehead atoms. The molecule has 2 heterocycles. The molecule has 0 saturated carbocycles. The monoisotopic (exact) mass is 165 g/mol. The van der Waals surface area contributed by atoms with Crippen molar-refractivity contribution < 1.29 is 0 Å². The molecule has 3 nitrogen and oxygen atoms in total. The highest BCUT2D eigenvalue weighted by atomic mass is 15.3. The lowest BCUT2D eigenvalue weighted by Crippen LogP contribution is -2.51. The van der Waals surface area contributed by atoms with Crippen LogP contribution in [-0.4, -0.2) is 42.0 Å². The molecule has 66 valence electrons. The quantitative estimate of drug-likeness (QED) is 0.530. The van der Waals surface area contributed by atoms with Crippen molar-refractivity contribution in [3.63, 3.8) is 0 Å². The normalized spacial score (nSPS) is 31.7. The highest BCUT2D eigenvalue weighted by Gasteiger charge is 2.33. The first-order valence-corrected chi connectivity index (χ1v) is 4.68. The maximum atomic E-state index is 8.67. The van der Waals surface area contributed by atoms with Gasteiger partial charge >= 0.3 is 0 Å². The standard InChI is InChI=1S/C9H15N3/c1-8-4-12(5-8)9-2-3-11(6-9)7-10/h8-9H,2-6H2,1H3/t9-/m1/s1. The molecular weight excluding hydrogens is 150 g/mol. The Morgan fingerprint density at radius 1 is 1.33 bits per heavy atom. The zero-order valence-corrected chi connectivity index (χ0v) is 7.53. The SMILES string of the molecule is CC1CN([C@@H]2CCN(C#N)C2)C1. The summed E-state index contributed by atoms with van der Waals surface area (Å²) in [7, 11) is 0. The van der Waals surface area contributed by atoms with Gasteiger partial charge in [-0.25, -0.2) is 0 Å². The van der Waals surface area contributed by atoms with Crippen LogP contribution in [-0.2, 0) is 0 Å². The summed E-state index contributed by atoms with van der Waals surface area (Å²) >= 11 is 0. The van der Waals surface area contributed by atoms with Gasteiger partial charge in [0, 0.05) is 32.2 Å². The van der Waals surface area contributed by atoms with E-state index < -0.39 is 0 Å². The van der Waals surface area contributed by atoms with E-state index in [2.05, 4.69) is 18.0 Å². The van der Waals surface area contributed by atoms with Crippen LogP contribution >= 0.6 is 0 Å². The topological polar surface area (TPSA) is 30.3 Å². The number of nitriles is 1. The zero-order valence-electron chi connectivity index (χ0n) is 7.53. The third-order valence-corrected chi connectivity index (χ3v) is 2.91. The molecular formula is C9H15N3. The van der Waals surface area contributed by atoms with Gasteiger partial charge in [-0.2, -0.15) is 5.26 Å². The van der Waals surface area contributed by atoms with Gasteiger partial charge in [-0.15, -0.1) is 0 Å². The molecule has 3 heteroatoms. The lowest BCUT2D eigenvalue weighted by Gasteiger charge is -2.41. The van der Waals surface area contributed by atoms with E-state index in [9.17, 15) is 0 Å². The maximum Gasteiger partial charge on any atom is 0.179 e. The largest absolute Gasteiger partial charge is 0.309 e. The van der Waals surface area contributed by atoms with Gasteiger partial charge in [0.05, 0.1) is 0 Å². The maximum absolute atomic E-state index is 8.67. The lowest BCUT2D eigenvalue weighted by atomic mass is 9.99. The van der Waals surface area contributed by atoms with Gasteiger partial charge in [-0.3, -0.25) is 4.90 Å². The minimum absolute atomic E-state index is 0.667. The molecule has 0 amide bonds. The van der Waals surface area contributed by atoms with Crippen molar-refractivity contribution in [1.29, 1.82) is 5.26 Å². The Hall–Kier alpha value is -0.750. The van der Waals surface area contributed by atoms with Gasteiger partial charge in [0.25, 0.3) is 0 Å². The second kappa shape index (κ2) is 2.95. The Morgan fingerprint density at radius 3 is 2.58 bits per heavy atom. The third-order valence-electron chi connectivity index (χ3n) is 2.91. The zero-order chi connectivity index (χ0) is 8.55. The number of hydrogen-bond acceptors (Lipinski definition) is 3. The van der Waals surface area contributed by atoms with Crippen molar-refractivity contribution in [3.05, 3.63) is 0 Å². The van der Waals surface area contributed by atoms with E-state index in [-0.39, 0.29) is 0 Å².